The summed E-state index contributed by atoms with van der Waals surface area (Å²) >= 11 is 0. The molecule has 2 unspecified atom stereocenters. The third-order valence-electron chi connectivity index (χ3n) is 1.71. The number of rotatable bonds is 0. The Labute approximate surface area is 55.7 Å². The summed E-state index contributed by atoms with van der Waals surface area (Å²) in [5.74, 6) is 0.597. The van der Waals surface area contributed by atoms with Crippen LogP contribution in [0.1, 0.15) is 13.8 Å². The molecule has 0 fully saturated rings. The summed E-state index contributed by atoms with van der Waals surface area (Å²) in [6, 6.07) is 0.437. The highest BCUT2D eigenvalue weighted by Gasteiger charge is 2.09. The van der Waals surface area contributed by atoms with Gasteiger partial charge in [0.1, 0.15) is 0 Å². The maximum atomic E-state index is 4.23. The zero-order valence-corrected chi connectivity index (χ0v) is 5.91. The summed E-state index contributed by atoms with van der Waals surface area (Å²) in [5.41, 5.74) is 0. The van der Waals surface area contributed by atoms with E-state index in [1.807, 2.05) is 0 Å². The van der Waals surface area contributed by atoms with Gasteiger partial charge in [0.25, 0.3) is 0 Å². The van der Waals surface area contributed by atoms with Crippen molar-refractivity contribution < 1.29 is 0 Å². The molecule has 0 aromatic heterocycles. The molecule has 2 heteroatoms. The van der Waals surface area contributed by atoms with Crippen LogP contribution in [0.2, 0.25) is 0 Å². The zero-order valence-electron chi connectivity index (χ0n) is 5.91. The predicted molar refractivity (Wildman–Crippen MR) is 40.5 cm³/mol. The van der Waals surface area contributed by atoms with E-state index in [-0.39, 0.29) is 0 Å². The lowest BCUT2D eigenvalue weighted by Gasteiger charge is -2.10. The van der Waals surface area contributed by atoms with Crippen LogP contribution >= 0.6 is 0 Å². The Bertz CT molecular complexity index is 138. The molecular weight excluding hydrogens is 112 g/mol. The molecule has 0 saturated heterocycles. The summed E-state index contributed by atoms with van der Waals surface area (Å²) in [4.78, 5) is 8.36. The molecule has 0 aromatic rings. The molecule has 0 spiro atoms. The van der Waals surface area contributed by atoms with Gasteiger partial charge in [-0.1, -0.05) is 6.92 Å². The fraction of sp³-hybridized carbons (Fsp3) is 0.714. The van der Waals surface area contributed by atoms with Crippen LogP contribution < -0.4 is 0 Å². The summed E-state index contributed by atoms with van der Waals surface area (Å²) in [5, 5.41) is 0. The van der Waals surface area contributed by atoms with Crippen LogP contribution in [0.25, 0.3) is 0 Å². The van der Waals surface area contributed by atoms with Crippen LogP contribution in [0.5, 0.6) is 0 Å². The Balaban J connectivity index is 2.58. The predicted octanol–water partition coefficient (Wildman–Crippen LogP) is 1.17. The van der Waals surface area contributed by atoms with E-state index in [0.29, 0.717) is 12.0 Å². The largest absolute Gasteiger partial charge is 0.291 e. The normalized spacial score (nSPS) is 34.4. The minimum Gasteiger partial charge on any atom is -0.291 e. The third-order valence-corrected chi connectivity index (χ3v) is 1.71. The van der Waals surface area contributed by atoms with Gasteiger partial charge in [0.05, 0.1) is 6.04 Å². The van der Waals surface area contributed by atoms with Crippen LogP contribution in [-0.2, 0) is 0 Å². The highest BCUT2D eigenvalue weighted by molar-refractivity contribution is 6.16. The first-order chi connectivity index (χ1) is 4.30. The van der Waals surface area contributed by atoms with Crippen molar-refractivity contribution in [3.63, 3.8) is 0 Å². The van der Waals surface area contributed by atoms with Gasteiger partial charge in [0.15, 0.2) is 0 Å². The second kappa shape index (κ2) is 2.76. The molecular formula is C7H12N2. The first kappa shape index (κ1) is 6.46. The average molecular weight is 124 g/mol. The minimum atomic E-state index is 0.437. The van der Waals surface area contributed by atoms with E-state index in [1.165, 1.54) is 0 Å². The van der Waals surface area contributed by atoms with Gasteiger partial charge in [-0.25, -0.2) is 0 Å². The molecule has 0 aliphatic carbocycles. The van der Waals surface area contributed by atoms with Crippen molar-refractivity contribution in [1.29, 1.82) is 0 Å². The number of nitrogens with zero attached hydrogens (tertiary/aromatic N) is 2. The number of aliphatic imine (C=N–C) groups is 2. The average Bonchev–Trinajstić information content (AvgIpc) is 1.99. The molecule has 0 saturated carbocycles. The number of hydrogen-bond acceptors (Lipinski definition) is 2. The Morgan fingerprint density at radius 1 is 1.33 bits per heavy atom. The monoisotopic (exact) mass is 124 g/mol. The van der Waals surface area contributed by atoms with Crippen LogP contribution in [0.3, 0.4) is 0 Å². The second-order valence-electron chi connectivity index (χ2n) is 2.53. The highest BCUT2D eigenvalue weighted by Crippen LogP contribution is 2.07. The Kier molecular flexibility index (Phi) is 1.98. The maximum Gasteiger partial charge on any atom is 0.0515 e. The van der Waals surface area contributed by atoms with Gasteiger partial charge in [0, 0.05) is 19.0 Å². The highest BCUT2D eigenvalue weighted by atomic mass is 14.8. The molecule has 0 N–H and O–H groups in total. The zero-order chi connectivity index (χ0) is 6.69. The quantitative estimate of drug-likeness (QED) is 0.463. The van der Waals surface area contributed by atoms with E-state index in [2.05, 4.69) is 23.8 Å². The Morgan fingerprint density at radius 3 is 2.89 bits per heavy atom. The van der Waals surface area contributed by atoms with Crippen molar-refractivity contribution in [3.8, 4) is 0 Å². The van der Waals surface area contributed by atoms with Crippen molar-refractivity contribution in [2.24, 2.45) is 15.9 Å². The molecule has 1 heterocycles. The van der Waals surface area contributed by atoms with Crippen LogP contribution in [-0.4, -0.2) is 25.0 Å². The van der Waals surface area contributed by atoms with E-state index in [1.54, 1.807) is 12.4 Å². The fourth-order valence-electron chi connectivity index (χ4n) is 0.748. The van der Waals surface area contributed by atoms with E-state index in [0.717, 1.165) is 6.54 Å². The third kappa shape index (κ3) is 1.63. The molecule has 1 aliphatic heterocycles. The summed E-state index contributed by atoms with van der Waals surface area (Å²) in [6.07, 6.45) is 3.56. The van der Waals surface area contributed by atoms with Gasteiger partial charge in [0.2, 0.25) is 0 Å². The molecule has 0 amide bonds. The van der Waals surface area contributed by atoms with E-state index in [9.17, 15) is 0 Å². The fourth-order valence-corrected chi connectivity index (χ4v) is 0.748. The molecule has 1 aliphatic rings. The topological polar surface area (TPSA) is 24.7 Å². The molecule has 50 valence electrons. The maximum absolute atomic E-state index is 4.23. The van der Waals surface area contributed by atoms with Gasteiger partial charge >= 0.3 is 0 Å². The lowest BCUT2D eigenvalue weighted by molar-refractivity contribution is 0.503. The van der Waals surface area contributed by atoms with Gasteiger partial charge in [-0.3, -0.25) is 9.98 Å². The van der Waals surface area contributed by atoms with Crippen LogP contribution in [0, 0.1) is 5.92 Å². The van der Waals surface area contributed by atoms with Gasteiger partial charge in [-0.15, -0.1) is 0 Å². The first-order valence-electron chi connectivity index (χ1n) is 3.32. The molecule has 2 nitrogen and oxygen atoms in total. The van der Waals surface area contributed by atoms with Crippen molar-refractivity contribution in [1.82, 2.24) is 0 Å². The van der Waals surface area contributed by atoms with Crippen molar-refractivity contribution in [3.05, 3.63) is 0 Å². The van der Waals surface area contributed by atoms with Gasteiger partial charge in [-0.2, -0.15) is 0 Å². The Morgan fingerprint density at radius 2 is 2.11 bits per heavy atom. The lowest BCUT2D eigenvalue weighted by Crippen LogP contribution is -2.12. The first-order valence-corrected chi connectivity index (χ1v) is 3.32. The minimum absolute atomic E-state index is 0.437. The number of hydrogen-bond donors (Lipinski definition) is 0. The molecule has 0 aromatic carbocycles. The summed E-state index contributed by atoms with van der Waals surface area (Å²) in [6.45, 7) is 5.21. The molecule has 0 bridgehead atoms. The summed E-state index contributed by atoms with van der Waals surface area (Å²) in [7, 11) is 0. The lowest BCUT2D eigenvalue weighted by atomic mass is 10.1. The van der Waals surface area contributed by atoms with Crippen molar-refractivity contribution in [2.75, 3.05) is 6.54 Å². The van der Waals surface area contributed by atoms with Gasteiger partial charge in [-0.05, 0) is 12.8 Å². The summed E-state index contributed by atoms with van der Waals surface area (Å²) < 4.78 is 0. The van der Waals surface area contributed by atoms with E-state index in [4.69, 9.17) is 0 Å². The van der Waals surface area contributed by atoms with Crippen LogP contribution in [0.4, 0.5) is 0 Å². The Hall–Kier alpha value is -0.660. The molecule has 9 heavy (non-hydrogen) atoms. The van der Waals surface area contributed by atoms with Gasteiger partial charge < -0.3 is 0 Å². The molecule has 2 atom stereocenters. The SMILES string of the molecule is CC1CN=CC=NC1C. The van der Waals surface area contributed by atoms with Crippen molar-refractivity contribution in [2.45, 2.75) is 19.9 Å². The van der Waals surface area contributed by atoms with E-state index < -0.39 is 0 Å². The second-order valence-corrected chi connectivity index (χ2v) is 2.53. The smallest absolute Gasteiger partial charge is 0.0515 e. The van der Waals surface area contributed by atoms with Crippen LogP contribution in [0.15, 0.2) is 9.98 Å². The molecule has 0 radical (unpaired) electrons. The molecule has 1 rings (SSSR count). The van der Waals surface area contributed by atoms with E-state index >= 15 is 0 Å². The standard InChI is InChI=1S/C7H12N2/c1-6-5-8-3-4-9-7(6)2/h3-4,6-7H,5H2,1-2H3. The van der Waals surface area contributed by atoms with Crippen molar-refractivity contribution >= 4 is 12.4 Å².